The van der Waals surface area contributed by atoms with E-state index in [0.717, 1.165) is 16.9 Å². The fraction of sp³-hybridized carbons (Fsp3) is 0.143. The lowest BCUT2D eigenvalue weighted by Crippen LogP contribution is -1.94. The van der Waals surface area contributed by atoms with Gasteiger partial charge in [0.25, 0.3) is 0 Å². The van der Waals surface area contributed by atoms with Gasteiger partial charge < -0.3 is 16.9 Å². The lowest BCUT2D eigenvalue weighted by Gasteiger charge is -2.00. The molecule has 56 valence electrons. The molecule has 0 aliphatic carbocycles. The number of benzene rings is 1. The zero-order valence-electron chi connectivity index (χ0n) is 5.89. The third-order valence-electron chi connectivity index (χ3n) is 1.42. The van der Waals surface area contributed by atoms with Crippen LogP contribution in [-0.4, -0.2) is 5.48 Å². The Labute approximate surface area is 60.0 Å². The molecule has 0 bridgehead atoms. The van der Waals surface area contributed by atoms with Crippen LogP contribution in [0.15, 0.2) is 18.2 Å². The Bertz CT molecular complexity index is 203. The monoisotopic (exact) mass is 140 g/mol. The highest BCUT2D eigenvalue weighted by Crippen LogP contribution is 2.16. The van der Waals surface area contributed by atoms with Crippen LogP contribution in [0.25, 0.3) is 0 Å². The number of hydrogen-bond donors (Lipinski definition) is 2. The van der Waals surface area contributed by atoms with Crippen molar-refractivity contribution in [1.82, 2.24) is 0 Å². The minimum atomic E-state index is 0. The van der Waals surface area contributed by atoms with E-state index in [1.54, 1.807) is 0 Å². The van der Waals surface area contributed by atoms with Crippen molar-refractivity contribution < 1.29 is 5.48 Å². The zero-order valence-corrected chi connectivity index (χ0v) is 5.89. The van der Waals surface area contributed by atoms with E-state index in [0.29, 0.717) is 0 Å². The number of rotatable bonds is 0. The molecule has 0 saturated carbocycles. The molecule has 1 rings (SSSR count). The molecule has 1 aromatic carbocycles. The van der Waals surface area contributed by atoms with E-state index in [-0.39, 0.29) is 5.48 Å². The Balaban J connectivity index is 0.000000810. The molecule has 6 N–H and O–H groups in total. The lowest BCUT2D eigenvalue weighted by molar-refractivity contribution is 0.824. The predicted molar refractivity (Wildman–Crippen MR) is 43.6 cm³/mol. The summed E-state index contributed by atoms with van der Waals surface area (Å²) in [4.78, 5) is 0. The molecule has 0 unspecified atom stereocenters. The van der Waals surface area contributed by atoms with Crippen molar-refractivity contribution in [2.45, 2.75) is 6.92 Å². The van der Waals surface area contributed by atoms with Crippen LogP contribution in [0.4, 0.5) is 11.4 Å². The van der Waals surface area contributed by atoms with Gasteiger partial charge in [0.1, 0.15) is 0 Å². The van der Waals surface area contributed by atoms with E-state index in [2.05, 4.69) is 0 Å². The largest absolute Gasteiger partial charge is 0.412 e. The molecule has 0 aliphatic rings. The fourth-order valence-electron chi connectivity index (χ4n) is 0.672. The molecular weight excluding hydrogens is 128 g/mol. The van der Waals surface area contributed by atoms with Gasteiger partial charge >= 0.3 is 0 Å². The van der Waals surface area contributed by atoms with E-state index in [4.69, 9.17) is 11.5 Å². The predicted octanol–water partition coefficient (Wildman–Crippen LogP) is 0.335. The molecule has 0 aromatic heterocycles. The Hall–Kier alpha value is -1.22. The lowest BCUT2D eigenvalue weighted by atomic mass is 10.2. The highest BCUT2D eigenvalue weighted by molar-refractivity contribution is 5.59. The van der Waals surface area contributed by atoms with Crippen LogP contribution in [0.3, 0.4) is 0 Å². The van der Waals surface area contributed by atoms with Crippen LogP contribution in [-0.2, 0) is 0 Å². The maximum atomic E-state index is 5.54. The van der Waals surface area contributed by atoms with Gasteiger partial charge in [0, 0.05) is 11.4 Å². The number of anilines is 2. The summed E-state index contributed by atoms with van der Waals surface area (Å²) in [5.41, 5.74) is 13.6. The quantitative estimate of drug-likeness (QED) is 0.509. The summed E-state index contributed by atoms with van der Waals surface area (Å²) in [5.74, 6) is 0. The summed E-state index contributed by atoms with van der Waals surface area (Å²) in [6.07, 6.45) is 0. The molecule has 0 saturated heterocycles. The van der Waals surface area contributed by atoms with Gasteiger partial charge in [-0.3, -0.25) is 0 Å². The van der Waals surface area contributed by atoms with Gasteiger partial charge in [-0.2, -0.15) is 0 Å². The van der Waals surface area contributed by atoms with Crippen LogP contribution in [0.5, 0.6) is 0 Å². The molecule has 1 aromatic rings. The van der Waals surface area contributed by atoms with E-state index in [9.17, 15) is 0 Å². The fourth-order valence-corrected chi connectivity index (χ4v) is 0.672. The molecule has 0 aliphatic heterocycles. The van der Waals surface area contributed by atoms with Crippen LogP contribution >= 0.6 is 0 Å². The zero-order chi connectivity index (χ0) is 6.85. The summed E-state index contributed by atoms with van der Waals surface area (Å²) < 4.78 is 0. The minimum Gasteiger partial charge on any atom is -0.412 e. The average Bonchev–Trinajstić information content (AvgIpc) is 1.83. The first kappa shape index (κ1) is 8.78. The second-order valence-corrected chi connectivity index (χ2v) is 2.06. The van der Waals surface area contributed by atoms with Crippen molar-refractivity contribution in [2.24, 2.45) is 0 Å². The van der Waals surface area contributed by atoms with Crippen molar-refractivity contribution in [3.8, 4) is 0 Å². The topological polar surface area (TPSA) is 83.5 Å². The molecule has 3 heteroatoms. The van der Waals surface area contributed by atoms with Crippen LogP contribution in [0, 0.1) is 6.92 Å². The van der Waals surface area contributed by atoms with Gasteiger partial charge in [-0.05, 0) is 24.6 Å². The van der Waals surface area contributed by atoms with Gasteiger partial charge in [0.05, 0.1) is 0 Å². The summed E-state index contributed by atoms with van der Waals surface area (Å²) >= 11 is 0. The Morgan fingerprint density at radius 2 is 1.50 bits per heavy atom. The molecule has 3 nitrogen and oxygen atoms in total. The van der Waals surface area contributed by atoms with Crippen LogP contribution in [0.1, 0.15) is 5.56 Å². The molecule has 0 radical (unpaired) electrons. The van der Waals surface area contributed by atoms with E-state index in [1.807, 2.05) is 25.1 Å². The van der Waals surface area contributed by atoms with Crippen LogP contribution in [0.2, 0.25) is 0 Å². The second kappa shape index (κ2) is 3.08. The second-order valence-electron chi connectivity index (χ2n) is 2.06. The Kier molecular flexibility index (Phi) is 2.70. The van der Waals surface area contributed by atoms with Crippen molar-refractivity contribution in [3.05, 3.63) is 23.8 Å². The van der Waals surface area contributed by atoms with Crippen molar-refractivity contribution in [1.29, 1.82) is 0 Å². The number of hydrogen-bond acceptors (Lipinski definition) is 2. The van der Waals surface area contributed by atoms with Crippen molar-refractivity contribution >= 4 is 11.4 Å². The van der Waals surface area contributed by atoms with Gasteiger partial charge in [-0.1, -0.05) is 6.07 Å². The van der Waals surface area contributed by atoms with E-state index >= 15 is 0 Å². The van der Waals surface area contributed by atoms with Gasteiger partial charge in [-0.15, -0.1) is 0 Å². The average molecular weight is 140 g/mol. The van der Waals surface area contributed by atoms with Crippen LogP contribution < -0.4 is 11.5 Å². The summed E-state index contributed by atoms with van der Waals surface area (Å²) in [6.45, 7) is 1.91. The minimum absolute atomic E-state index is 0. The first-order valence-electron chi connectivity index (χ1n) is 2.82. The molecule has 0 spiro atoms. The Morgan fingerprint density at radius 3 is 1.80 bits per heavy atom. The number of nitrogen functional groups attached to an aromatic ring is 2. The first-order valence-corrected chi connectivity index (χ1v) is 2.82. The van der Waals surface area contributed by atoms with E-state index in [1.165, 1.54) is 0 Å². The maximum absolute atomic E-state index is 5.54. The number of nitrogens with two attached hydrogens (primary N) is 2. The highest BCUT2D eigenvalue weighted by Gasteiger charge is 1.93. The summed E-state index contributed by atoms with van der Waals surface area (Å²) in [7, 11) is 0. The van der Waals surface area contributed by atoms with Gasteiger partial charge in [0.2, 0.25) is 0 Å². The molecule has 0 heterocycles. The van der Waals surface area contributed by atoms with Gasteiger partial charge in [-0.25, -0.2) is 0 Å². The molecule has 0 amide bonds. The maximum Gasteiger partial charge on any atom is 0.0364 e. The molecule has 10 heavy (non-hydrogen) atoms. The third-order valence-corrected chi connectivity index (χ3v) is 1.42. The standard InChI is InChI=1S/C7H10N2.H2O/c1-5-6(8)3-2-4-7(5)9;/h2-4H,8-9H2,1H3;1H2. The molecule has 0 fully saturated rings. The first-order chi connectivity index (χ1) is 4.22. The van der Waals surface area contributed by atoms with Gasteiger partial charge in [0.15, 0.2) is 0 Å². The SMILES string of the molecule is Cc1c(N)cccc1N.O. The third kappa shape index (κ3) is 1.39. The van der Waals surface area contributed by atoms with E-state index < -0.39 is 0 Å². The smallest absolute Gasteiger partial charge is 0.0364 e. The molecular formula is C7H12N2O. The van der Waals surface area contributed by atoms with Crippen molar-refractivity contribution in [3.63, 3.8) is 0 Å². The summed E-state index contributed by atoms with van der Waals surface area (Å²) in [5, 5.41) is 0. The molecule has 0 atom stereocenters. The van der Waals surface area contributed by atoms with Crippen molar-refractivity contribution in [2.75, 3.05) is 11.5 Å². The highest BCUT2D eigenvalue weighted by atomic mass is 16.0. The summed E-state index contributed by atoms with van der Waals surface area (Å²) in [6, 6.07) is 5.52. The Morgan fingerprint density at radius 1 is 1.10 bits per heavy atom. The normalized spacial score (nSPS) is 8.50.